The number of imidazole rings is 1. The van der Waals surface area contributed by atoms with Gasteiger partial charge in [-0.1, -0.05) is 18.2 Å². The van der Waals surface area contributed by atoms with Gasteiger partial charge in [-0.3, -0.25) is 9.36 Å². The van der Waals surface area contributed by atoms with Crippen LogP contribution in [0.5, 0.6) is 0 Å². The highest BCUT2D eigenvalue weighted by atomic mass is 32.2. The van der Waals surface area contributed by atoms with Crippen LogP contribution in [0, 0.1) is 13.8 Å². The van der Waals surface area contributed by atoms with Crippen LogP contribution in [0.25, 0.3) is 11.0 Å². The van der Waals surface area contributed by atoms with Gasteiger partial charge in [0.05, 0.1) is 15.9 Å². The van der Waals surface area contributed by atoms with E-state index in [1.54, 1.807) is 18.2 Å². The fraction of sp³-hybridized carbons (Fsp3) is 0.222. The van der Waals surface area contributed by atoms with Crippen molar-refractivity contribution in [2.45, 2.75) is 25.2 Å². The van der Waals surface area contributed by atoms with Crippen LogP contribution in [0.4, 0.5) is 0 Å². The molecule has 0 spiro atoms. The van der Waals surface area contributed by atoms with Gasteiger partial charge in [0.1, 0.15) is 6.33 Å². The van der Waals surface area contributed by atoms with Crippen LogP contribution in [0.3, 0.4) is 0 Å². The molecule has 0 saturated heterocycles. The Morgan fingerprint density at radius 3 is 2.52 bits per heavy atom. The molecule has 0 atom stereocenters. The third-order valence-corrected chi connectivity index (χ3v) is 5.59. The lowest BCUT2D eigenvalue weighted by Crippen LogP contribution is -2.27. The number of hydrogen-bond acceptors (Lipinski definition) is 4. The molecule has 0 fully saturated rings. The standard InChI is InChI=1S/C18H19N3O3S/c1-13-10-16-17(11-14(13)2)21(12-19-16)18(22)8-9-20-25(23,24)15-6-4-3-5-7-15/h3-7,10-12,20H,8-9H2,1-2H3. The summed E-state index contributed by atoms with van der Waals surface area (Å²) < 4.78 is 28.2. The molecule has 0 aliphatic rings. The Labute approximate surface area is 146 Å². The highest BCUT2D eigenvalue weighted by Crippen LogP contribution is 2.18. The highest BCUT2D eigenvalue weighted by molar-refractivity contribution is 7.89. The van der Waals surface area contributed by atoms with E-state index in [0.29, 0.717) is 0 Å². The normalized spacial score (nSPS) is 11.8. The molecule has 0 saturated carbocycles. The summed E-state index contributed by atoms with van der Waals surface area (Å²) in [6.45, 7) is 4.00. The summed E-state index contributed by atoms with van der Waals surface area (Å²) in [5.41, 5.74) is 3.67. The van der Waals surface area contributed by atoms with Gasteiger partial charge in [0, 0.05) is 13.0 Å². The largest absolute Gasteiger partial charge is 0.274 e. The van der Waals surface area contributed by atoms with Crippen LogP contribution >= 0.6 is 0 Å². The van der Waals surface area contributed by atoms with Gasteiger partial charge in [-0.05, 0) is 49.2 Å². The zero-order chi connectivity index (χ0) is 18.0. The average Bonchev–Trinajstić information content (AvgIpc) is 2.98. The zero-order valence-corrected chi connectivity index (χ0v) is 14.9. The van der Waals surface area contributed by atoms with Crippen LogP contribution in [-0.4, -0.2) is 30.4 Å². The molecule has 25 heavy (non-hydrogen) atoms. The topological polar surface area (TPSA) is 81.1 Å². The van der Waals surface area contributed by atoms with Crippen molar-refractivity contribution in [1.29, 1.82) is 0 Å². The summed E-state index contributed by atoms with van der Waals surface area (Å²) in [6, 6.07) is 11.9. The molecule has 1 heterocycles. The lowest BCUT2D eigenvalue weighted by atomic mass is 10.1. The molecule has 0 bridgehead atoms. The van der Waals surface area contributed by atoms with Crippen molar-refractivity contribution in [3.8, 4) is 0 Å². The number of carbonyl (C=O) groups excluding carboxylic acids is 1. The lowest BCUT2D eigenvalue weighted by Gasteiger charge is -2.07. The maximum absolute atomic E-state index is 12.4. The van der Waals surface area contributed by atoms with Crippen LogP contribution in [0.2, 0.25) is 0 Å². The van der Waals surface area contributed by atoms with E-state index < -0.39 is 10.0 Å². The number of nitrogens with one attached hydrogen (secondary N) is 1. The monoisotopic (exact) mass is 357 g/mol. The van der Waals surface area contributed by atoms with E-state index in [2.05, 4.69) is 9.71 Å². The van der Waals surface area contributed by atoms with E-state index in [1.165, 1.54) is 23.0 Å². The molecule has 130 valence electrons. The number of benzene rings is 2. The predicted molar refractivity (Wildman–Crippen MR) is 96.1 cm³/mol. The minimum atomic E-state index is -3.61. The van der Waals surface area contributed by atoms with Gasteiger partial charge in [0.25, 0.3) is 0 Å². The number of carbonyl (C=O) groups is 1. The second-order valence-corrected chi connectivity index (χ2v) is 7.66. The molecule has 1 N–H and O–H groups in total. The first-order chi connectivity index (χ1) is 11.9. The first-order valence-electron chi connectivity index (χ1n) is 7.91. The third kappa shape index (κ3) is 3.62. The Kier molecular flexibility index (Phi) is 4.69. The lowest BCUT2D eigenvalue weighted by molar-refractivity contribution is 0.0909. The van der Waals surface area contributed by atoms with Crippen LogP contribution < -0.4 is 4.72 Å². The Morgan fingerprint density at radius 1 is 1.12 bits per heavy atom. The SMILES string of the molecule is Cc1cc2ncn(C(=O)CCNS(=O)(=O)c3ccccc3)c2cc1C. The van der Waals surface area contributed by atoms with Crippen molar-refractivity contribution in [3.05, 3.63) is 59.9 Å². The van der Waals surface area contributed by atoms with Crippen molar-refractivity contribution in [3.63, 3.8) is 0 Å². The molecule has 0 radical (unpaired) electrons. The fourth-order valence-electron chi connectivity index (χ4n) is 2.56. The van der Waals surface area contributed by atoms with Gasteiger partial charge in [-0.2, -0.15) is 0 Å². The maximum atomic E-state index is 12.4. The smallest absolute Gasteiger partial charge is 0.240 e. The molecule has 0 amide bonds. The summed E-state index contributed by atoms with van der Waals surface area (Å²) in [4.78, 5) is 16.9. The molecule has 0 aliphatic carbocycles. The van der Waals surface area contributed by atoms with E-state index in [4.69, 9.17) is 0 Å². The summed E-state index contributed by atoms with van der Waals surface area (Å²) >= 11 is 0. The van der Waals surface area contributed by atoms with Crippen molar-refractivity contribution in [2.24, 2.45) is 0 Å². The Hall–Kier alpha value is -2.51. The number of hydrogen-bond donors (Lipinski definition) is 1. The maximum Gasteiger partial charge on any atom is 0.240 e. The highest BCUT2D eigenvalue weighted by Gasteiger charge is 2.15. The van der Waals surface area contributed by atoms with Gasteiger partial charge in [0.15, 0.2) is 0 Å². The van der Waals surface area contributed by atoms with Gasteiger partial charge < -0.3 is 0 Å². The molecule has 7 heteroatoms. The number of sulfonamides is 1. The van der Waals surface area contributed by atoms with Crippen molar-refractivity contribution < 1.29 is 13.2 Å². The summed E-state index contributed by atoms with van der Waals surface area (Å²) in [5, 5.41) is 0. The van der Waals surface area contributed by atoms with Gasteiger partial charge >= 0.3 is 0 Å². The van der Waals surface area contributed by atoms with Crippen molar-refractivity contribution in [1.82, 2.24) is 14.3 Å². The number of aryl methyl sites for hydroxylation is 2. The van der Waals surface area contributed by atoms with Crippen molar-refractivity contribution in [2.75, 3.05) is 6.54 Å². The Bertz CT molecular complexity index is 1020. The van der Waals surface area contributed by atoms with Crippen molar-refractivity contribution >= 4 is 27.0 Å². The van der Waals surface area contributed by atoms with Crippen LogP contribution in [0.15, 0.2) is 53.7 Å². The zero-order valence-electron chi connectivity index (χ0n) is 14.1. The molecule has 0 unspecified atom stereocenters. The molecule has 3 rings (SSSR count). The quantitative estimate of drug-likeness (QED) is 0.761. The molecule has 6 nitrogen and oxygen atoms in total. The van der Waals surface area contributed by atoms with Crippen LogP contribution in [0.1, 0.15) is 22.3 Å². The second-order valence-electron chi connectivity index (χ2n) is 5.89. The van der Waals surface area contributed by atoms with Gasteiger partial charge in [-0.15, -0.1) is 0 Å². The molecule has 2 aromatic carbocycles. The minimum absolute atomic E-state index is 0.0284. The fourth-order valence-corrected chi connectivity index (χ4v) is 3.61. The first-order valence-corrected chi connectivity index (χ1v) is 9.39. The third-order valence-electron chi connectivity index (χ3n) is 4.12. The average molecular weight is 357 g/mol. The number of rotatable bonds is 5. The molecular weight excluding hydrogens is 338 g/mol. The summed E-state index contributed by atoms with van der Waals surface area (Å²) in [7, 11) is -3.61. The predicted octanol–water partition coefficient (Wildman–Crippen LogP) is 2.66. The molecule has 3 aromatic rings. The number of fused-ring (bicyclic) bond motifs is 1. The van der Waals surface area contributed by atoms with E-state index in [9.17, 15) is 13.2 Å². The second kappa shape index (κ2) is 6.78. The summed E-state index contributed by atoms with van der Waals surface area (Å²) in [6.07, 6.45) is 1.53. The van der Waals surface area contributed by atoms with Crippen LogP contribution in [-0.2, 0) is 10.0 Å². The van der Waals surface area contributed by atoms with E-state index >= 15 is 0 Å². The molecule has 1 aromatic heterocycles. The Balaban J connectivity index is 1.70. The Morgan fingerprint density at radius 2 is 1.80 bits per heavy atom. The number of aromatic nitrogens is 2. The molecule has 0 aliphatic heterocycles. The first kappa shape index (κ1) is 17.3. The summed E-state index contributed by atoms with van der Waals surface area (Å²) in [5.74, 6) is -0.207. The van der Waals surface area contributed by atoms with E-state index in [-0.39, 0.29) is 23.8 Å². The van der Waals surface area contributed by atoms with E-state index in [0.717, 1.165) is 22.2 Å². The van der Waals surface area contributed by atoms with E-state index in [1.807, 2.05) is 26.0 Å². The molecular formula is C18H19N3O3S. The minimum Gasteiger partial charge on any atom is -0.274 e. The van der Waals surface area contributed by atoms with Gasteiger partial charge in [0.2, 0.25) is 15.9 Å². The number of nitrogens with zero attached hydrogens (tertiary/aromatic N) is 2. The van der Waals surface area contributed by atoms with Gasteiger partial charge in [-0.25, -0.2) is 18.1 Å².